The minimum absolute atomic E-state index is 0.213. The molecule has 0 saturated heterocycles. The number of thiophene rings is 1. The summed E-state index contributed by atoms with van der Waals surface area (Å²) >= 11 is 2.92. The van der Waals surface area contributed by atoms with E-state index in [4.69, 9.17) is 9.15 Å². The molecule has 3 aromatic heterocycles. The molecule has 0 unspecified atom stereocenters. The molecule has 124 valence electrons. The Kier molecular flexibility index (Phi) is 5.07. The Hall–Kier alpha value is -2.45. The van der Waals surface area contributed by atoms with Crippen LogP contribution in [0.5, 0.6) is 0 Å². The number of aromatic nitrogens is 1. The highest BCUT2D eigenvalue weighted by atomic mass is 32.1. The monoisotopic (exact) mass is 362 g/mol. The van der Waals surface area contributed by atoms with E-state index in [-0.39, 0.29) is 18.2 Å². The first-order valence-corrected chi connectivity index (χ1v) is 8.82. The Labute approximate surface area is 146 Å². The third-order valence-electron chi connectivity index (χ3n) is 3.17. The summed E-state index contributed by atoms with van der Waals surface area (Å²) in [5, 5.41) is 4.34. The van der Waals surface area contributed by atoms with Crippen LogP contribution >= 0.6 is 22.7 Å². The van der Waals surface area contributed by atoms with E-state index in [0.717, 1.165) is 9.88 Å². The van der Waals surface area contributed by atoms with Gasteiger partial charge in [-0.1, -0.05) is 6.07 Å². The van der Waals surface area contributed by atoms with Crippen LogP contribution in [0.2, 0.25) is 0 Å². The van der Waals surface area contributed by atoms with Gasteiger partial charge in [0.2, 0.25) is 0 Å². The molecule has 0 aromatic carbocycles. The third kappa shape index (κ3) is 3.90. The van der Waals surface area contributed by atoms with E-state index in [1.807, 2.05) is 17.5 Å². The molecule has 24 heavy (non-hydrogen) atoms. The number of furan rings is 1. The van der Waals surface area contributed by atoms with Crippen LogP contribution in [0.25, 0.3) is 9.88 Å². The van der Waals surface area contributed by atoms with Crippen molar-refractivity contribution in [1.29, 1.82) is 0 Å². The number of rotatable bonds is 6. The van der Waals surface area contributed by atoms with E-state index < -0.39 is 5.97 Å². The van der Waals surface area contributed by atoms with Crippen molar-refractivity contribution in [2.45, 2.75) is 6.54 Å². The van der Waals surface area contributed by atoms with Crippen molar-refractivity contribution in [2.75, 3.05) is 13.7 Å². The first-order chi connectivity index (χ1) is 11.6. The molecule has 0 atom stereocenters. The van der Waals surface area contributed by atoms with E-state index in [1.165, 1.54) is 16.2 Å². The van der Waals surface area contributed by atoms with Crippen LogP contribution in [0.15, 0.2) is 45.7 Å². The topological polar surface area (TPSA) is 72.6 Å². The summed E-state index contributed by atoms with van der Waals surface area (Å²) < 4.78 is 10.2. The van der Waals surface area contributed by atoms with Crippen LogP contribution in [0, 0.1) is 0 Å². The first kappa shape index (κ1) is 16.4. The fraction of sp³-hybridized carbons (Fsp3) is 0.188. The molecule has 3 rings (SSSR count). The summed E-state index contributed by atoms with van der Waals surface area (Å²) in [4.78, 5) is 30.7. The maximum atomic E-state index is 12.0. The lowest BCUT2D eigenvalue weighted by Crippen LogP contribution is -2.30. The predicted octanol–water partition coefficient (Wildman–Crippen LogP) is 3.28. The van der Waals surface area contributed by atoms with Gasteiger partial charge >= 0.3 is 5.97 Å². The number of carbonyl (C=O) groups excluding carboxylic acids is 2. The summed E-state index contributed by atoms with van der Waals surface area (Å²) in [5.41, 5.74) is 0.213. The maximum Gasteiger partial charge on any atom is 0.358 e. The molecule has 8 heteroatoms. The molecule has 3 heterocycles. The van der Waals surface area contributed by atoms with Gasteiger partial charge in [0.05, 0.1) is 17.7 Å². The number of thiazole rings is 1. The summed E-state index contributed by atoms with van der Waals surface area (Å²) in [6.45, 7) is -0.00941. The maximum absolute atomic E-state index is 12.0. The molecular formula is C16H14N2O4S2. The zero-order valence-electron chi connectivity index (χ0n) is 12.8. The number of ether oxygens (including phenoxy) is 1. The highest BCUT2D eigenvalue weighted by Crippen LogP contribution is 2.27. The number of esters is 1. The average molecular weight is 362 g/mol. The van der Waals surface area contributed by atoms with Crippen LogP contribution in [-0.2, 0) is 16.1 Å². The molecule has 0 saturated carbocycles. The lowest BCUT2D eigenvalue weighted by Gasteiger charge is -2.15. The second-order valence-electron chi connectivity index (χ2n) is 4.92. The summed E-state index contributed by atoms with van der Waals surface area (Å²) in [7, 11) is 1.62. The zero-order valence-corrected chi connectivity index (χ0v) is 14.4. The van der Waals surface area contributed by atoms with Crippen molar-refractivity contribution in [1.82, 2.24) is 9.88 Å². The lowest BCUT2D eigenvalue weighted by molar-refractivity contribution is -0.134. The molecule has 0 aliphatic rings. The number of hydrogen-bond donors (Lipinski definition) is 0. The van der Waals surface area contributed by atoms with Gasteiger partial charge in [0.25, 0.3) is 5.91 Å². The number of amides is 1. The largest absolute Gasteiger partial charge is 0.467 e. The Bertz CT molecular complexity index is 809. The lowest BCUT2D eigenvalue weighted by atomic mass is 10.4. The highest BCUT2D eigenvalue weighted by Gasteiger charge is 2.17. The van der Waals surface area contributed by atoms with Crippen molar-refractivity contribution in [3.63, 3.8) is 0 Å². The summed E-state index contributed by atoms with van der Waals surface area (Å²) in [5.74, 6) is -0.250. The molecule has 3 aromatic rings. The van der Waals surface area contributed by atoms with Gasteiger partial charge < -0.3 is 14.1 Å². The minimum atomic E-state index is -0.603. The highest BCUT2D eigenvalue weighted by molar-refractivity contribution is 7.20. The van der Waals surface area contributed by atoms with Crippen molar-refractivity contribution >= 4 is 34.6 Å². The van der Waals surface area contributed by atoms with E-state index in [1.54, 1.807) is 42.2 Å². The molecule has 0 spiro atoms. The molecule has 0 bridgehead atoms. The van der Waals surface area contributed by atoms with E-state index in [9.17, 15) is 9.59 Å². The fourth-order valence-corrected chi connectivity index (χ4v) is 3.52. The number of carbonyl (C=O) groups is 2. The molecule has 0 fully saturated rings. The fourth-order valence-electron chi connectivity index (χ4n) is 1.92. The van der Waals surface area contributed by atoms with E-state index >= 15 is 0 Å². The van der Waals surface area contributed by atoms with Gasteiger partial charge in [-0.3, -0.25) is 4.79 Å². The molecule has 0 aliphatic carbocycles. The zero-order chi connectivity index (χ0) is 16.9. The van der Waals surface area contributed by atoms with E-state index in [0.29, 0.717) is 12.3 Å². The molecule has 0 aliphatic heterocycles. The number of nitrogens with zero attached hydrogens (tertiary/aromatic N) is 2. The molecular weight excluding hydrogens is 348 g/mol. The molecule has 6 nitrogen and oxygen atoms in total. The molecule has 0 radical (unpaired) electrons. The normalized spacial score (nSPS) is 10.5. The third-order valence-corrected chi connectivity index (χ3v) is 5.05. The summed E-state index contributed by atoms with van der Waals surface area (Å²) in [6.07, 6.45) is 1.54. The van der Waals surface area contributed by atoms with Gasteiger partial charge in [-0.05, 0) is 23.6 Å². The van der Waals surface area contributed by atoms with Crippen LogP contribution < -0.4 is 0 Å². The quantitative estimate of drug-likeness (QED) is 0.629. The smallest absolute Gasteiger partial charge is 0.358 e. The van der Waals surface area contributed by atoms with Gasteiger partial charge in [0.15, 0.2) is 12.3 Å². The second kappa shape index (κ2) is 7.41. The molecule has 0 N–H and O–H groups in total. The molecule has 1 amide bonds. The van der Waals surface area contributed by atoms with E-state index in [2.05, 4.69) is 4.98 Å². The average Bonchev–Trinajstić information content (AvgIpc) is 3.32. The summed E-state index contributed by atoms with van der Waals surface area (Å²) in [6, 6.07) is 7.39. The van der Waals surface area contributed by atoms with Crippen molar-refractivity contribution in [3.8, 4) is 9.88 Å². The van der Waals surface area contributed by atoms with Crippen molar-refractivity contribution < 1.29 is 18.7 Å². The Balaban J connectivity index is 1.52. The predicted molar refractivity (Wildman–Crippen MR) is 90.9 cm³/mol. The van der Waals surface area contributed by atoms with Crippen LogP contribution in [0.4, 0.5) is 0 Å². The van der Waals surface area contributed by atoms with Crippen LogP contribution in [-0.4, -0.2) is 35.4 Å². The van der Waals surface area contributed by atoms with Gasteiger partial charge in [-0.25, -0.2) is 9.78 Å². The van der Waals surface area contributed by atoms with Gasteiger partial charge in [-0.15, -0.1) is 22.7 Å². The minimum Gasteiger partial charge on any atom is -0.467 e. The van der Waals surface area contributed by atoms with Gasteiger partial charge in [0.1, 0.15) is 10.8 Å². The van der Waals surface area contributed by atoms with Crippen LogP contribution in [0.3, 0.4) is 0 Å². The standard InChI is InChI=1S/C16H14N2O4S2/c1-18(8-11-4-2-6-21-11)14(19)9-22-16(20)12-10-24-15(17-12)13-5-3-7-23-13/h2-7,10H,8-9H2,1H3. The Morgan fingerprint density at radius 2 is 2.17 bits per heavy atom. The SMILES string of the molecule is CN(Cc1ccco1)C(=O)COC(=O)c1csc(-c2cccs2)n1. The van der Waals surface area contributed by atoms with Crippen molar-refractivity contribution in [2.24, 2.45) is 0 Å². The first-order valence-electron chi connectivity index (χ1n) is 7.06. The van der Waals surface area contributed by atoms with Crippen LogP contribution in [0.1, 0.15) is 16.2 Å². The Morgan fingerprint density at radius 1 is 1.29 bits per heavy atom. The second-order valence-corrected chi connectivity index (χ2v) is 6.73. The van der Waals surface area contributed by atoms with Gasteiger partial charge in [-0.2, -0.15) is 0 Å². The Morgan fingerprint density at radius 3 is 2.88 bits per heavy atom. The van der Waals surface area contributed by atoms with Gasteiger partial charge in [0, 0.05) is 12.4 Å². The number of hydrogen-bond acceptors (Lipinski definition) is 7. The number of likely N-dealkylation sites (N-methyl/N-ethyl adjacent to an activating group) is 1. The van der Waals surface area contributed by atoms with Crippen molar-refractivity contribution in [3.05, 3.63) is 52.7 Å².